The molecule has 3 heteroatoms. The molecule has 9 rings (SSSR count). The Hall–Kier alpha value is -4.99. The first-order valence-corrected chi connectivity index (χ1v) is 14.3. The molecule has 186 valence electrons. The van der Waals surface area contributed by atoms with Crippen molar-refractivity contribution < 1.29 is 4.42 Å². The summed E-state index contributed by atoms with van der Waals surface area (Å²) >= 11 is 1.84. The van der Waals surface area contributed by atoms with Crippen molar-refractivity contribution in [3.63, 3.8) is 0 Å². The van der Waals surface area contributed by atoms with Gasteiger partial charge in [-0.1, -0.05) is 91.0 Å². The molecule has 6 aromatic carbocycles. The number of para-hydroxylation sites is 2. The molecular formula is C37H21NOS. The van der Waals surface area contributed by atoms with E-state index in [2.05, 4.69) is 121 Å². The maximum Gasteiger partial charge on any atom is 0.143 e. The summed E-state index contributed by atoms with van der Waals surface area (Å²) in [6.07, 6.45) is 0. The molecule has 0 aliphatic carbocycles. The molecule has 9 aromatic rings. The van der Waals surface area contributed by atoms with Crippen LogP contribution in [0.25, 0.3) is 86.2 Å². The highest BCUT2D eigenvalue weighted by molar-refractivity contribution is 7.25. The van der Waals surface area contributed by atoms with Gasteiger partial charge in [-0.2, -0.15) is 0 Å². The Kier molecular flexibility index (Phi) is 4.52. The highest BCUT2D eigenvalue weighted by atomic mass is 32.1. The van der Waals surface area contributed by atoms with Crippen LogP contribution in [0.1, 0.15) is 0 Å². The minimum Gasteiger partial charge on any atom is -0.455 e. The molecule has 0 fully saturated rings. The van der Waals surface area contributed by atoms with Crippen LogP contribution in [0.3, 0.4) is 0 Å². The second kappa shape index (κ2) is 8.25. The first-order chi connectivity index (χ1) is 19.8. The smallest absolute Gasteiger partial charge is 0.143 e. The highest BCUT2D eigenvalue weighted by Gasteiger charge is 2.21. The Bertz CT molecular complexity index is 2430. The summed E-state index contributed by atoms with van der Waals surface area (Å²) in [5, 5.41) is 8.31. The molecule has 0 aliphatic rings. The van der Waals surface area contributed by atoms with Gasteiger partial charge in [0.05, 0.1) is 11.2 Å². The van der Waals surface area contributed by atoms with Crippen molar-refractivity contribution in [1.29, 1.82) is 0 Å². The van der Waals surface area contributed by atoms with E-state index in [1.807, 2.05) is 17.4 Å². The molecule has 0 spiro atoms. The molecule has 0 amide bonds. The zero-order chi connectivity index (χ0) is 26.2. The van der Waals surface area contributed by atoms with Crippen LogP contribution in [0.5, 0.6) is 0 Å². The minimum absolute atomic E-state index is 0.899. The summed E-state index contributed by atoms with van der Waals surface area (Å²) in [4.78, 5) is 5.23. The van der Waals surface area contributed by atoms with Gasteiger partial charge in [0.1, 0.15) is 11.2 Å². The Balaban J connectivity index is 1.50. The van der Waals surface area contributed by atoms with Crippen molar-refractivity contribution in [3.05, 3.63) is 127 Å². The Morgan fingerprint density at radius 3 is 2.12 bits per heavy atom. The molecule has 0 N–H and O–H groups in total. The number of furan rings is 1. The summed E-state index contributed by atoms with van der Waals surface area (Å²) < 4.78 is 9.31. The van der Waals surface area contributed by atoms with Crippen LogP contribution < -0.4 is 0 Å². The van der Waals surface area contributed by atoms with Crippen molar-refractivity contribution in [2.75, 3.05) is 0 Å². The zero-order valence-corrected chi connectivity index (χ0v) is 22.2. The molecule has 0 aliphatic heterocycles. The maximum absolute atomic E-state index is 6.70. The fourth-order valence-corrected chi connectivity index (χ4v) is 7.34. The molecular weight excluding hydrogens is 506 g/mol. The quantitative estimate of drug-likeness (QED) is 0.209. The summed E-state index contributed by atoms with van der Waals surface area (Å²) in [6.45, 7) is 0. The van der Waals surface area contributed by atoms with Crippen molar-refractivity contribution in [1.82, 2.24) is 4.98 Å². The predicted molar refractivity (Wildman–Crippen MR) is 170 cm³/mol. The molecule has 3 heterocycles. The monoisotopic (exact) mass is 527 g/mol. The van der Waals surface area contributed by atoms with E-state index in [-0.39, 0.29) is 0 Å². The summed E-state index contributed by atoms with van der Waals surface area (Å²) in [5.41, 5.74) is 7.14. The molecule has 0 bridgehead atoms. The third kappa shape index (κ3) is 3.07. The van der Waals surface area contributed by atoms with E-state index in [9.17, 15) is 0 Å². The minimum atomic E-state index is 0.899. The maximum atomic E-state index is 6.70. The van der Waals surface area contributed by atoms with Gasteiger partial charge < -0.3 is 4.42 Å². The number of thiophene rings is 1. The summed E-state index contributed by atoms with van der Waals surface area (Å²) in [5.74, 6) is 0. The first kappa shape index (κ1) is 21.9. The van der Waals surface area contributed by atoms with E-state index in [1.165, 1.54) is 25.6 Å². The van der Waals surface area contributed by atoms with Gasteiger partial charge in [0.2, 0.25) is 0 Å². The Morgan fingerprint density at radius 2 is 1.23 bits per heavy atom. The van der Waals surface area contributed by atoms with Gasteiger partial charge in [0.25, 0.3) is 0 Å². The lowest BCUT2D eigenvalue weighted by Gasteiger charge is -2.14. The van der Waals surface area contributed by atoms with Crippen molar-refractivity contribution >= 4 is 75.1 Å². The number of benzene rings is 6. The second-order valence-corrected chi connectivity index (χ2v) is 11.4. The van der Waals surface area contributed by atoms with E-state index in [0.717, 1.165) is 60.6 Å². The third-order valence-corrected chi connectivity index (χ3v) is 9.20. The number of hydrogen-bond donors (Lipinski definition) is 0. The van der Waals surface area contributed by atoms with E-state index < -0.39 is 0 Å². The second-order valence-electron chi connectivity index (χ2n) is 10.3. The van der Waals surface area contributed by atoms with E-state index >= 15 is 0 Å². The van der Waals surface area contributed by atoms with Gasteiger partial charge in [-0.05, 0) is 42.0 Å². The average molecular weight is 528 g/mol. The highest BCUT2D eigenvalue weighted by Crippen LogP contribution is 2.46. The van der Waals surface area contributed by atoms with E-state index in [1.54, 1.807) is 0 Å². The van der Waals surface area contributed by atoms with Crippen molar-refractivity contribution in [3.8, 4) is 22.4 Å². The third-order valence-electron chi connectivity index (χ3n) is 8.04. The fraction of sp³-hybridized carbons (Fsp3) is 0. The van der Waals surface area contributed by atoms with Crippen LogP contribution >= 0.6 is 11.3 Å². The predicted octanol–water partition coefficient (Wildman–Crippen LogP) is 11.0. The Labute approximate surface area is 233 Å². The number of nitrogens with zero attached hydrogens (tertiary/aromatic N) is 1. The molecule has 0 unspecified atom stereocenters. The van der Waals surface area contributed by atoms with Gasteiger partial charge in [-0.15, -0.1) is 11.3 Å². The summed E-state index contributed by atoms with van der Waals surface area (Å²) in [6, 6.07) is 45.2. The molecule has 0 radical (unpaired) electrons. The normalized spacial score (nSPS) is 12.0. The number of fused-ring (bicyclic) bond motifs is 10. The van der Waals surface area contributed by atoms with Crippen LogP contribution in [-0.2, 0) is 0 Å². The van der Waals surface area contributed by atoms with Gasteiger partial charge in [0, 0.05) is 58.2 Å². The number of pyridine rings is 1. The van der Waals surface area contributed by atoms with Gasteiger partial charge in [0.15, 0.2) is 0 Å². The topological polar surface area (TPSA) is 26.0 Å². The lowest BCUT2D eigenvalue weighted by atomic mass is 9.91. The Morgan fingerprint density at radius 1 is 0.500 bits per heavy atom. The van der Waals surface area contributed by atoms with Crippen LogP contribution in [0.4, 0.5) is 0 Å². The molecule has 3 aromatic heterocycles. The average Bonchev–Trinajstić information content (AvgIpc) is 3.59. The van der Waals surface area contributed by atoms with Crippen molar-refractivity contribution in [2.24, 2.45) is 0 Å². The number of hydrogen-bond acceptors (Lipinski definition) is 3. The van der Waals surface area contributed by atoms with Gasteiger partial charge >= 0.3 is 0 Å². The number of aromatic nitrogens is 1. The largest absolute Gasteiger partial charge is 0.455 e. The molecule has 40 heavy (non-hydrogen) atoms. The van der Waals surface area contributed by atoms with Crippen LogP contribution in [0.15, 0.2) is 132 Å². The standard InChI is InChI=1S/C37H21NOS/c1-2-10-22(11-3-1)36-29-21-27(23-18-19-33-28(20-23)24-12-6-9-17-32(24)40-33)37-35(26-14-5-8-16-31(26)39-37)34(29)25-13-4-7-15-30(25)38-36/h1-21H. The SMILES string of the molecule is c1ccc(-c2nc3ccccc3c3c2cc(-c2ccc4sc5ccccc5c4c2)c2oc4ccccc4c23)cc1. The first-order valence-electron chi connectivity index (χ1n) is 13.5. The summed E-state index contributed by atoms with van der Waals surface area (Å²) in [7, 11) is 0. The van der Waals surface area contributed by atoms with Crippen LogP contribution in [0.2, 0.25) is 0 Å². The lowest BCUT2D eigenvalue weighted by Crippen LogP contribution is -1.92. The molecule has 2 nitrogen and oxygen atoms in total. The van der Waals surface area contributed by atoms with Crippen molar-refractivity contribution in [2.45, 2.75) is 0 Å². The van der Waals surface area contributed by atoms with Gasteiger partial charge in [-0.3, -0.25) is 0 Å². The number of rotatable bonds is 2. The van der Waals surface area contributed by atoms with E-state index in [0.29, 0.717) is 0 Å². The van der Waals surface area contributed by atoms with Crippen LogP contribution in [-0.4, -0.2) is 4.98 Å². The molecule has 0 saturated heterocycles. The molecule has 0 saturated carbocycles. The fourth-order valence-electron chi connectivity index (χ4n) is 6.25. The lowest BCUT2D eigenvalue weighted by molar-refractivity contribution is 0.670. The van der Waals surface area contributed by atoms with E-state index in [4.69, 9.17) is 9.40 Å². The molecule has 0 atom stereocenters. The van der Waals surface area contributed by atoms with Crippen LogP contribution in [0, 0.1) is 0 Å². The zero-order valence-electron chi connectivity index (χ0n) is 21.4. The van der Waals surface area contributed by atoms with Gasteiger partial charge in [-0.25, -0.2) is 4.98 Å².